The summed E-state index contributed by atoms with van der Waals surface area (Å²) in [5.41, 5.74) is 2.51. The number of nitrogens with one attached hydrogen (secondary N) is 1. The van der Waals surface area contributed by atoms with E-state index < -0.39 is 34.6 Å². The molecule has 9 heteroatoms. The van der Waals surface area contributed by atoms with Gasteiger partial charge < -0.3 is 9.64 Å². The van der Waals surface area contributed by atoms with Gasteiger partial charge in [-0.1, -0.05) is 48.5 Å². The number of hydrogen-bond acceptors (Lipinski definition) is 4. The molecule has 31 heavy (non-hydrogen) atoms. The molecule has 1 amide bonds. The minimum absolute atomic E-state index is 0.0366. The highest BCUT2D eigenvalue weighted by atomic mass is 32.2. The topological polar surface area (TPSA) is 75.7 Å². The summed E-state index contributed by atoms with van der Waals surface area (Å²) in [7, 11) is -2.15. The van der Waals surface area contributed by atoms with Crippen LogP contribution in [-0.2, 0) is 21.2 Å². The average molecular weight is 453 g/mol. The minimum Gasteiger partial charge on any atom is -0.453 e. The van der Waals surface area contributed by atoms with E-state index >= 15 is 0 Å². The van der Waals surface area contributed by atoms with E-state index in [-0.39, 0.29) is 5.56 Å². The quantitative estimate of drug-likeness (QED) is 0.719. The Kier molecular flexibility index (Phi) is 7.27. The number of carbonyl (C=O) groups is 1. The second kappa shape index (κ2) is 9.74. The molecule has 1 heterocycles. The van der Waals surface area contributed by atoms with Gasteiger partial charge in [0.15, 0.2) is 0 Å². The Morgan fingerprint density at radius 3 is 2.52 bits per heavy atom. The van der Waals surface area contributed by atoms with E-state index in [0.29, 0.717) is 25.8 Å². The number of methoxy groups -OCH3 is 1. The molecule has 1 N–H and O–H groups in total. The van der Waals surface area contributed by atoms with Crippen molar-refractivity contribution in [3.05, 3.63) is 59.7 Å². The fourth-order valence-electron chi connectivity index (χ4n) is 4.01. The Morgan fingerprint density at radius 2 is 1.90 bits per heavy atom. The van der Waals surface area contributed by atoms with E-state index in [2.05, 4.69) is 4.72 Å². The molecule has 0 bridgehead atoms. The van der Waals surface area contributed by atoms with E-state index in [9.17, 15) is 22.0 Å². The Balaban J connectivity index is 1.88. The Hall–Kier alpha value is -2.52. The third-order valence-corrected chi connectivity index (χ3v) is 6.15. The SMILES string of the molecule is COC(=O)N1CCCC(NS(C)(=O)=O)C1Cc1cccc(-c2ccc(C(F)F)cc2)c1. The van der Waals surface area contributed by atoms with Crippen LogP contribution in [0.3, 0.4) is 0 Å². The monoisotopic (exact) mass is 452 g/mol. The number of nitrogens with zero attached hydrogens (tertiary/aromatic N) is 1. The second-order valence-electron chi connectivity index (χ2n) is 7.70. The smallest absolute Gasteiger partial charge is 0.409 e. The van der Waals surface area contributed by atoms with Gasteiger partial charge in [0.05, 0.1) is 19.4 Å². The maximum atomic E-state index is 12.8. The highest BCUT2D eigenvalue weighted by molar-refractivity contribution is 7.88. The maximum Gasteiger partial charge on any atom is 0.409 e. The van der Waals surface area contributed by atoms with Crippen LogP contribution < -0.4 is 4.72 Å². The molecule has 3 rings (SSSR count). The number of rotatable bonds is 6. The molecular weight excluding hydrogens is 426 g/mol. The highest BCUT2D eigenvalue weighted by Crippen LogP contribution is 2.27. The number of alkyl halides is 2. The number of benzene rings is 2. The molecule has 2 aromatic carbocycles. The number of likely N-dealkylation sites (tertiary alicyclic amines) is 1. The molecule has 2 aromatic rings. The third-order valence-electron chi connectivity index (χ3n) is 5.42. The molecule has 1 aliphatic heterocycles. The molecular formula is C22H26F2N2O4S. The number of amides is 1. The summed E-state index contributed by atoms with van der Waals surface area (Å²) < 4.78 is 56.9. The molecule has 0 radical (unpaired) electrons. The van der Waals surface area contributed by atoms with Crippen LogP contribution in [0.1, 0.15) is 30.4 Å². The van der Waals surface area contributed by atoms with Crippen LogP contribution >= 0.6 is 0 Å². The normalized spacial score (nSPS) is 19.5. The van der Waals surface area contributed by atoms with Gasteiger partial charge in [0.25, 0.3) is 6.43 Å². The van der Waals surface area contributed by atoms with E-state index in [1.807, 2.05) is 24.3 Å². The molecule has 1 fully saturated rings. The predicted octanol–water partition coefficient (Wildman–Crippen LogP) is 3.98. The molecule has 1 saturated heterocycles. The van der Waals surface area contributed by atoms with Crippen molar-refractivity contribution in [2.45, 2.75) is 37.8 Å². The van der Waals surface area contributed by atoms with Crippen LogP contribution in [0.4, 0.5) is 13.6 Å². The van der Waals surface area contributed by atoms with Crippen LogP contribution in [0.15, 0.2) is 48.5 Å². The van der Waals surface area contributed by atoms with Crippen molar-refractivity contribution in [3.8, 4) is 11.1 Å². The van der Waals surface area contributed by atoms with Gasteiger partial charge in [-0.05, 0) is 36.0 Å². The summed E-state index contributed by atoms with van der Waals surface area (Å²) in [5, 5.41) is 0. The molecule has 6 nitrogen and oxygen atoms in total. The molecule has 0 saturated carbocycles. The Labute approximate surface area is 181 Å². The van der Waals surface area contributed by atoms with Crippen LogP contribution in [0.5, 0.6) is 0 Å². The number of sulfonamides is 1. The number of piperidine rings is 1. The zero-order valence-electron chi connectivity index (χ0n) is 17.4. The average Bonchev–Trinajstić information content (AvgIpc) is 2.73. The van der Waals surface area contributed by atoms with Gasteiger partial charge in [-0.2, -0.15) is 0 Å². The molecule has 0 spiro atoms. The van der Waals surface area contributed by atoms with Crippen molar-refractivity contribution in [2.24, 2.45) is 0 Å². The van der Waals surface area contributed by atoms with Crippen LogP contribution in [0.25, 0.3) is 11.1 Å². The van der Waals surface area contributed by atoms with Crippen molar-refractivity contribution in [1.82, 2.24) is 9.62 Å². The van der Waals surface area contributed by atoms with Gasteiger partial charge in [-0.15, -0.1) is 0 Å². The van der Waals surface area contributed by atoms with E-state index in [0.717, 1.165) is 22.9 Å². The first-order valence-electron chi connectivity index (χ1n) is 9.97. The number of halogens is 2. The lowest BCUT2D eigenvalue weighted by Crippen LogP contribution is -2.57. The van der Waals surface area contributed by atoms with Crippen molar-refractivity contribution in [3.63, 3.8) is 0 Å². The lowest BCUT2D eigenvalue weighted by Gasteiger charge is -2.40. The van der Waals surface area contributed by atoms with Crippen molar-refractivity contribution >= 4 is 16.1 Å². The fraction of sp³-hybridized carbons (Fsp3) is 0.409. The third kappa shape index (κ3) is 6.01. The van der Waals surface area contributed by atoms with Crippen LogP contribution in [0, 0.1) is 0 Å². The van der Waals surface area contributed by atoms with Crippen molar-refractivity contribution in [1.29, 1.82) is 0 Å². The van der Waals surface area contributed by atoms with E-state index in [1.165, 1.54) is 19.2 Å². The Morgan fingerprint density at radius 1 is 1.19 bits per heavy atom. The number of ether oxygens (including phenoxy) is 1. The summed E-state index contributed by atoms with van der Waals surface area (Å²) in [5.74, 6) is 0. The molecule has 0 aliphatic carbocycles. The first-order chi connectivity index (χ1) is 14.7. The van der Waals surface area contributed by atoms with Gasteiger partial charge in [0.2, 0.25) is 10.0 Å². The van der Waals surface area contributed by atoms with Gasteiger partial charge >= 0.3 is 6.09 Å². The predicted molar refractivity (Wildman–Crippen MR) is 114 cm³/mol. The molecule has 168 valence electrons. The summed E-state index contributed by atoms with van der Waals surface area (Å²) >= 11 is 0. The lowest BCUT2D eigenvalue weighted by molar-refractivity contribution is 0.0792. The summed E-state index contributed by atoms with van der Waals surface area (Å²) in [6.45, 7) is 0.480. The van der Waals surface area contributed by atoms with Crippen LogP contribution in [0.2, 0.25) is 0 Å². The van der Waals surface area contributed by atoms with Gasteiger partial charge in [-0.25, -0.2) is 26.7 Å². The second-order valence-corrected chi connectivity index (χ2v) is 9.48. The molecule has 0 aromatic heterocycles. The first-order valence-corrected chi connectivity index (χ1v) is 11.9. The zero-order valence-corrected chi connectivity index (χ0v) is 18.2. The molecule has 2 atom stereocenters. The highest BCUT2D eigenvalue weighted by Gasteiger charge is 2.36. The summed E-state index contributed by atoms with van der Waals surface area (Å²) in [6.07, 6.45) is -0.218. The lowest BCUT2D eigenvalue weighted by atomic mass is 9.90. The first kappa shape index (κ1) is 23.1. The van der Waals surface area contributed by atoms with Gasteiger partial charge in [0, 0.05) is 18.2 Å². The minimum atomic E-state index is -3.46. The molecule has 1 aliphatic rings. The Bertz CT molecular complexity index is 1010. The van der Waals surface area contributed by atoms with Crippen molar-refractivity contribution < 1.29 is 26.7 Å². The van der Waals surface area contributed by atoms with Gasteiger partial charge in [0.1, 0.15) is 0 Å². The maximum absolute atomic E-state index is 12.8. The molecule has 2 unspecified atom stereocenters. The van der Waals surface area contributed by atoms with Crippen molar-refractivity contribution in [2.75, 3.05) is 19.9 Å². The van der Waals surface area contributed by atoms with Crippen LogP contribution in [-0.4, -0.2) is 51.4 Å². The standard InChI is InChI=1S/C22H26F2N2O4S/c1-30-22(27)26-12-4-7-19(25-31(2,28)29)20(26)14-15-5-3-6-18(13-15)16-8-10-17(11-9-16)21(23)24/h3,5-6,8-11,13,19-21,25H,4,7,12,14H2,1-2H3. The largest absolute Gasteiger partial charge is 0.453 e. The number of carbonyl (C=O) groups excluding carboxylic acids is 1. The zero-order chi connectivity index (χ0) is 22.6. The van der Waals surface area contributed by atoms with Gasteiger partial charge in [-0.3, -0.25) is 0 Å². The van der Waals surface area contributed by atoms with E-state index in [1.54, 1.807) is 17.0 Å². The fourth-order valence-corrected chi connectivity index (χ4v) is 4.83. The summed E-state index contributed by atoms with van der Waals surface area (Å²) in [6, 6.07) is 12.8. The van der Waals surface area contributed by atoms with E-state index in [4.69, 9.17) is 4.74 Å². The summed E-state index contributed by atoms with van der Waals surface area (Å²) in [4.78, 5) is 13.9. The number of hydrogen-bond donors (Lipinski definition) is 1.